The average molecular weight is 311 g/mol. The quantitative estimate of drug-likeness (QED) is 0.917. The van der Waals surface area contributed by atoms with Crippen LogP contribution in [0, 0.1) is 13.8 Å². The fourth-order valence-corrected chi connectivity index (χ4v) is 3.28. The Morgan fingerprint density at radius 3 is 2.83 bits per heavy atom. The van der Waals surface area contributed by atoms with E-state index in [1.807, 2.05) is 6.07 Å². The number of phenols is 1. The molecule has 0 spiro atoms. The maximum absolute atomic E-state index is 9.76. The number of fused-ring (bicyclic) bond motifs is 1. The molecule has 1 aliphatic heterocycles. The predicted molar refractivity (Wildman–Crippen MR) is 94.6 cm³/mol. The van der Waals surface area contributed by atoms with E-state index in [0.717, 1.165) is 37.4 Å². The van der Waals surface area contributed by atoms with Gasteiger partial charge >= 0.3 is 0 Å². The lowest BCUT2D eigenvalue weighted by Gasteiger charge is -2.36. The molecule has 0 aliphatic carbocycles. The van der Waals surface area contributed by atoms with Crippen molar-refractivity contribution < 1.29 is 9.84 Å². The lowest BCUT2D eigenvalue weighted by Crippen LogP contribution is -2.41. The summed E-state index contributed by atoms with van der Waals surface area (Å²) >= 11 is 0. The van der Waals surface area contributed by atoms with Crippen LogP contribution in [-0.2, 0) is 6.42 Å². The molecule has 2 aromatic carbocycles. The smallest absolute Gasteiger partial charge is 0.143 e. The Bertz CT molecular complexity index is 696. The van der Waals surface area contributed by atoms with Gasteiger partial charge in [-0.2, -0.15) is 0 Å². The van der Waals surface area contributed by atoms with Gasteiger partial charge in [-0.3, -0.25) is 0 Å². The lowest BCUT2D eigenvalue weighted by molar-refractivity contribution is 0.193. The molecule has 0 aromatic heterocycles. The molecule has 1 N–H and O–H groups in total. The molecule has 1 unspecified atom stereocenters. The van der Waals surface area contributed by atoms with E-state index in [1.54, 1.807) is 12.1 Å². The zero-order valence-electron chi connectivity index (χ0n) is 14.2. The molecule has 2 aromatic rings. The van der Waals surface area contributed by atoms with E-state index in [1.165, 1.54) is 16.7 Å². The van der Waals surface area contributed by atoms with Crippen LogP contribution in [0.3, 0.4) is 0 Å². The van der Waals surface area contributed by atoms with E-state index in [2.05, 4.69) is 43.9 Å². The molecule has 0 radical (unpaired) electrons. The molecule has 122 valence electrons. The second kappa shape index (κ2) is 6.53. The first-order valence-electron chi connectivity index (χ1n) is 8.38. The molecule has 1 atom stereocenters. The van der Waals surface area contributed by atoms with Crippen LogP contribution < -0.4 is 9.64 Å². The molecule has 3 heteroatoms. The van der Waals surface area contributed by atoms with Gasteiger partial charge in [0.25, 0.3) is 0 Å². The summed E-state index contributed by atoms with van der Waals surface area (Å²) in [5, 5.41) is 9.76. The van der Waals surface area contributed by atoms with Crippen molar-refractivity contribution >= 4 is 5.69 Å². The summed E-state index contributed by atoms with van der Waals surface area (Å²) in [6.07, 6.45) is 2.12. The van der Waals surface area contributed by atoms with E-state index in [9.17, 15) is 5.11 Å². The van der Waals surface area contributed by atoms with Gasteiger partial charge in [-0.1, -0.05) is 25.1 Å². The monoisotopic (exact) mass is 311 g/mol. The van der Waals surface area contributed by atoms with Gasteiger partial charge in [0.15, 0.2) is 0 Å². The maximum Gasteiger partial charge on any atom is 0.143 e. The highest BCUT2D eigenvalue weighted by molar-refractivity contribution is 5.63. The highest BCUT2D eigenvalue weighted by Crippen LogP contribution is 2.37. The summed E-state index contributed by atoms with van der Waals surface area (Å²) in [7, 11) is 0. The Kier molecular flexibility index (Phi) is 4.46. The molecule has 0 fully saturated rings. The van der Waals surface area contributed by atoms with Crippen molar-refractivity contribution in [2.75, 3.05) is 18.0 Å². The largest absolute Gasteiger partial charge is 0.508 e. The van der Waals surface area contributed by atoms with Gasteiger partial charge in [-0.25, -0.2) is 0 Å². The number of anilines is 1. The van der Waals surface area contributed by atoms with Gasteiger partial charge in [0.05, 0.1) is 12.2 Å². The minimum atomic E-state index is 0.138. The fraction of sp³-hybridized carbons (Fsp3) is 0.400. The van der Waals surface area contributed by atoms with E-state index in [-0.39, 0.29) is 6.10 Å². The van der Waals surface area contributed by atoms with E-state index in [4.69, 9.17) is 4.74 Å². The molecule has 23 heavy (non-hydrogen) atoms. The Labute approximate surface area is 138 Å². The number of hydrogen-bond donors (Lipinski definition) is 1. The zero-order valence-corrected chi connectivity index (χ0v) is 14.2. The van der Waals surface area contributed by atoms with Crippen LogP contribution in [-0.4, -0.2) is 24.3 Å². The second-order valence-electron chi connectivity index (χ2n) is 6.40. The number of aryl methyl sites for hydroxylation is 1. The molecular formula is C20H25NO2. The minimum absolute atomic E-state index is 0.138. The number of rotatable bonds is 4. The molecule has 0 saturated heterocycles. The SMILES string of the molecule is CCCN1CC(Cc2cccc(C)c2C)Oc2ccc(O)cc21. The molecular weight excluding hydrogens is 286 g/mol. The van der Waals surface area contributed by atoms with Crippen LogP contribution in [0.1, 0.15) is 30.0 Å². The van der Waals surface area contributed by atoms with Gasteiger partial charge in [0.1, 0.15) is 17.6 Å². The summed E-state index contributed by atoms with van der Waals surface area (Å²) in [5.74, 6) is 1.17. The molecule has 3 nitrogen and oxygen atoms in total. The molecule has 3 rings (SSSR count). The zero-order chi connectivity index (χ0) is 16.4. The summed E-state index contributed by atoms with van der Waals surface area (Å²) < 4.78 is 6.21. The molecule has 1 aliphatic rings. The van der Waals surface area contributed by atoms with Gasteiger partial charge in [-0.05, 0) is 49.1 Å². The number of nitrogens with zero attached hydrogens (tertiary/aromatic N) is 1. The van der Waals surface area contributed by atoms with Gasteiger partial charge in [-0.15, -0.1) is 0 Å². The van der Waals surface area contributed by atoms with Crippen molar-refractivity contribution in [3.05, 3.63) is 53.1 Å². The predicted octanol–water partition coefficient (Wildman–Crippen LogP) is 4.23. The van der Waals surface area contributed by atoms with Crippen LogP contribution in [0.25, 0.3) is 0 Å². The molecule has 0 saturated carbocycles. The van der Waals surface area contributed by atoms with Crippen molar-refractivity contribution in [2.45, 2.75) is 39.7 Å². The van der Waals surface area contributed by atoms with Gasteiger partial charge in [0, 0.05) is 19.0 Å². The van der Waals surface area contributed by atoms with Gasteiger partial charge < -0.3 is 14.7 Å². The molecule has 0 amide bonds. The number of phenolic OH excluding ortho intramolecular Hbond substituents is 1. The van der Waals surface area contributed by atoms with Crippen LogP contribution >= 0.6 is 0 Å². The van der Waals surface area contributed by atoms with E-state index < -0.39 is 0 Å². The van der Waals surface area contributed by atoms with E-state index in [0.29, 0.717) is 5.75 Å². The first kappa shape index (κ1) is 15.7. The van der Waals surface area contributed by atoms with Crippen molar-refractivity contribution in [1.29, 1.82) is 0 Å². The van der Waals surface area contributed by atoms with Crippen LogP contribution in [0.2, 0.25) is 0 Å². The Hall–Kier alpha value is -2.16. The highest BCUT2D eigenvalue weighted by Gasteiger charge is 2.26. The maximum atomic E-state index is 9.76. The van der Waals surface area contributed by atoms with Crippen LogP contribution in [0.15, 0.2) is 36.4 Å². The number of ether oxygens (including phenoxy) is 1. The van der Waals surface area contributed by atoms with Crippen molar-refractivity contribution in [3.8, 4) is 11.5 Å². The third-order valence-corrected chi connectivity index (χ3v) is 4.66. The third-order valence-electron chi connectivity index (χ3n) is 4.66. The lowest BCUT2D eigenvalue weighted by atomic mass is 9.97. The summed E-state index contributed by atoms with van der Waals surface area (Å²) in [4.78, 5) is 2.33. The number of benzene rings is 2. The van der Waals surface area contributed by atoms with Crippen molar-refractivity contribution in [3.63, 3.8) is 0 Å². The summed E-state index contributed by atoms with van der Waals surface area (Å²) in [6, 6.07) is 11.9. The van der Waals surface area contributed by atoms with Crippen LogP contribution in [0.5, 0.6) is 11.5 Å². The minimum Gasteiger partial charge on any atom is -0.508 e. The highest BCUT2D eigenvalue weighted by atomic mass is 16.5. The topological polar surface area (TPSA) is 32.7 Å². The third kappa shape index (κ3) is 3.29. The first-order chi connectivity index (χ1) is 11.1. The van der Waals surface area contributed by atoms with Gasteiger partial charge in [0.2, 0.25) is 0 Å². The first-order valence-corrected chi connectivity index (χ1v) is 8.38. The molecule has 1 heterocycles. The van der Waals surface area contributed by atoms with Crippen LogP contribution in [0.4, 0.5) is 5.69 Å². The number of hydrogen-bond acceptors (Lipinski definition) is 3. The Balaban J connectivity index is 1.85. The summed E-state index contributed by atoms with van der Waals surface area (Å²) in [5.41, 5.74) is 5.04. The van der Waals surface area contributed by atoms with E-state index >= 15 is 0 Å². The van der Waals surface area contributed by atoms with Crippen molar-refractivity contribution in [2.24, 2.45) is 0 Å². The Morgan fingerprint density at radius 2 is 2.04 bits per heavy atom. The summed E-state index contributed by atoms with van der Waals surface area (Å²) in [6.45, 7) is 8.35. The van der Waals surface area contributed by atoms with Crippen molar-refractivity contribution in [1.82, 2.24) is 0 Å². The number of aromatic hydroxyl groups is 1. The standard InChI is InChI=1S/C20H25NO2/c1-4-10-21-13-18(11-16-7-5-6-14(2)15(16)3)23-20-9-8-17(22)12-19(20)21/h5-9,12,18,22H,4,10-11,13H2,1-3H3. The normalized spacial score (nSPS) is 16.8. The fourth-order valence-electron chi connectivity index (χ4n) is 3.28. The molecule has 0 bridgehead atoms. The average Bonchev–Trinajstić information content (AvgIpc) is 2.53. The second-order valence-corrected chi connectivity index (χ2v) is 6.40. The Morgan fingerprint density at radius 1 is 1.22 bits per heavy atom.